The number of carbonyl (C=O) groups is 1. The summed E-state index contributed by atoms with van der Waals surface area (Å²) >= 11 is 3.38. The van der Waals surface area contributed by atoms with Crippen LogP contribution in [0.2, 0.25) is 0 Å². The van der Waals surface area contributed by atoms with Gasteiger partial charge in [0.05, 0.1) is 7.11 Å². The monoisotopic (exact) mass is 325 g/mol. The van der Waals surface area contributed by atoms with Crippen molar-refractivity contribution in [2.75, 3.05) is 7.11 Å². The van der Waals surface area contributed by atoms with Crippen LogP contribution in [0.5, 0.6) is 5.75 Å². The molecule has 1 aromatic carbocycles. The SMILES string of the molecule is COc1cc(Br)cc(CNC(=O)c2noc(C)n2)c1. The van der Waals surface area contributed by atoms with Gasteiger partial charge in [-0.15, -0.1) is 0 Å². The highest BCUT2D eigenvalue weighted by Crippen LogP contribution is 2.21. The lowest BCUT2D eigenvalue weighted by Gasteiger charge is -2.06. The molecule has 2 aromatic rings. The Bertz CT molecular complexity index is 598. The first kappa shape index (κ1) is 13.5. The molecule has 1 aromatic heterocycles. The molecule has 6 nitrogen and oxygen atoms in total. The summed E-state index contributed by atoms with van der Waals surface area (Å²) in [5.74, 6) is 0.721. The van der Waals surface area contributed by atoms with Crippen molar-refractivity contribution < 1.29 is 14.1 Å². The normalized spacial score (nSPS) is 10.3. The number of nitrogens with one attached hydrogen (secondary N) is 1. The van der Waals surface area contributed by atoms with Crippen LogP contribution in [0.15, 0.2) is 27.2 Å². The van der Waals surface area contributed by atoms with Crippen LogP contribution in [0.3, 0.4) is 0 Å². The molecule has 0 bridgehead atoms. The average molecular weight is 326 g/mol. The molecular weight excluding hydrogens is 314 g/mol. The van der Waals surface area contributed by atoms with Gasteiger partial charge in [0.2, 0.25) is 5.89 Å². The van der Waals surface area contributed by atoms with Crippen LogP contribution in [-0.2, 0) is 6.54 Å². The summed E-state index contributed by atoms with van der Waals surface area (Å²) in [6.07, 6.45) is 0. The Morgan fingerprint density at radius 1 is 1.47 bits per heavy atom. The number of nitrogens with zero attached hydrogens (tertiary/aromatic N) is 2. The van der Waals surface area contributed by atoms with Gasteiger partial charge in [0.1, 0.15) is 5.75 Å². The number of rotatable bonds is 4. The number of aryl methyl sites for hydroxylation is 1. The highest BCUT2D eigenvalue weighted by Gasteiger charge is 2.12. The fourth-order valence-corrected chi connectivity index (χ4v) is 2.01. The zero-order valence-electron chi connectivity index (χ0n) is 10.4. The zero-order chi connectivity index (χ0) is 13.8. The predicted molar refractivity (Wildman–Crippen MR) is 70.9 cm³/mol. The summed E-state index contributed by atoms with van der Waals surface area (Å²) in [6, 6.07) is 5.57. The molecular formula is C12H12BrN3O3. The van der Waals surface area contributed by atoms with E-state index in [1.807, 2.05) is 18.2 Å². The highest BCUT2D eigenvalue weighted by molar-refractivity contribution is 9.10. The number of amides is 1. The second-order valence-electron chi connectivity index (χ2n) is 3.82. The lowest BCUT2D eigenvalue weighted by Crippen LogP contribution is -2.24. The number of benzene rings is 1. The third-order valence-corrected chi connectivity index (χ3v) is 2.81. The molecule has 0 radical (unpaired) electrons. The summed E-state index contributed by atoms with van der Waals surface area (Å²) in [4.78, 5) is 15.6. The van der Waals surface area contributed by atoms with Crippen LogP contribution in [0.25, 0.3) is 0 Å². The van der Waals surface area contributed by atoms with Gasteiger partial charge in [-0.25, -0.2) is 0 Å². The van der Waals surface area contributed by atoms with E-state index in [2.05, 4.69) is 31.4 Å². The standard InChI is InChI=1S/C12H12BrN3O3/c1-7-15-11(16-19-7)12(17)14-6-8-3-9(13)5-10(4-8)18-2/h3-5H,6H2,1-2H3,(H,14,17). The Morgan fingerprint density at radius 2 is 2.26 bits per heavy atom. The maximum Gasteiger partial charge on any atom is 0.292 e. The summed E-state index contributed by atoms with van der Waals surface area (Å²) in [5.41, 5.74) is 0.903. The predicted octanol–water partition coefficient (Wildman–Crippen LogP) is 2.08. The molecule has 100 valence electrons. The van der Waals surface area contributed by atoms with Crippen molar-refractivity contribution in [3.63, 3.8) is 0 Å². The first-order valence-corrected chi connectivity index (χ1v) is 6.30. The maximum absolute atomic E-state index is 11.7. The number of ether oxygens (including phenoxy) is 1. The third kappa shape index (κ3) is 3.54. The van der Waals surface area contributed by atoms with E-state index in [1.54, 1.807) is 14.0 Å². The van der Waals surface area contributed by atoms with Gasteiger partial charge in [0, 0.05) is 17.9 Å². The Morgan fingerprint density at radius 3 is 2.89 bits per heavy atom. The molecule has 0 saturated heterocycles. The molecule has 0 saturated carbocycles. The number of aromatic nitrogens is 2. The fourth-order valence-electron chi connectivity index (χ4n) is 1.49. The van der Waals surface area contributed by atoms with Gasteiger partial charge in [-0.05, 0) is 23.8 Å². The van der Waals surface area contributed by atoms with Crippen LogP contribution in [-0.4, -0.2) is 23.2 Å². The third-order valence-electron chi connectivity index (χ3n) is 2.35. The van der Waals surface area contributed by atoms with Crippen molar-refractivity contribution in [1.29, 1.82) is 0 Å². The van der Waals surface area contributed by atoms with Gasteiger partial charge >= 0.3 is 0 Å². The number of methoxy groups -OCH3 is 1. The van der Waals surface area contributed by atoms with Crippen LogP contribution in [0.4, 0.5) is 0 Å². The Balaban J connectivity index is 2.02. The lowest BCUT2D eigenvalue weighted by atomic mass is 10.2. The maximum atomic E-state index is 11.7. The van der Waals surface area contributed by atoms with Crippen molar-refractivity contribution in [2.24, 2.45) is 0 Å². The topological polar surface area (TPSA) is 77.2 Å². The number of hydrogen-bond donors (Lipinski definition) is 1. The fraction of sp³-hybridized carbons (Fsp3) is 0.250. The summed E-state index contributed by atoms with van der Waals surface area (Å²) < 4.78 is 10.8. The van der Waals surface area contributed by atoms with Crippen molar-refractivity contribution in [1.82, 2.24) is 15.5 Å². The number of carbonyl (C=O) groups excluding carboxylic acids is 1. The van der Waals surface area contributed by atoms with Gasteiger partial charge in [-0.1, -0.05) is 21.1 Å². The largest absolute Gasteiger partial charge is 0.497 e. The van der Waals surface area contributed by atoms with E-state index >= 15 is 0 Å². The quantitative estimate of drug-likeness (QED) is 0.931. The van der Waals surface area contributed by atoms with E-state index in [0.29, 0.717) is 18.2 Å². The molecule has 1 heterocycles. The zero-order valence-corrected chi connectivity index (χ0v) is 12.0. The minimum absolute atomic E-state index is 0.0273. The highest BCUT2D eigenvalue weighted by atomic mass is 79.9. The van der Waals surface area contributed by atoms with E-state index in [0.717, 1.165) is 10.0 Å². The minimum atomic E-state index is -0.379. The summed E-state index contributed by atoms with van der Waals surface area (Å²) in [6.45, 7) is 1.98. The molecule has 1 amide bonds. The average Bonchev–Trinajstić information content (AvgIpc) is 2.82. The number of hydrogen-bond acceptors (Lipinski definition) is 5. The smallest absolute Gasteiger partial charge is 0.292 e. The van der Waals surface area contributed by atoms with Crippen LogP contribution in [0, 0.1) is 6.92 Å². The molecule has 0 unspecified atom stereocenters. The molecule has 0 aliphatic carbocycles. The van der Waals surface area contributed by atoms with Crippen LogP contribution < -0.4 is 10.1 Å². The molecule has 1 N–H and O–H groups in total. The molecule has 7 heteroatoms. The second-order valence-corrected chi connectivity index (χ2v) is 4.73. The van der Waals surface area contributed by atoms with E-state index in [-0.39, 0.29) is 11.7 Å². The first-order chi connectivity index (χ1) is 9.08. The second kappa shape index (κ2) is 5.83. The van der Waals surface area contributed by atoms with Gasteiger partial charge in [-0.3, -0.25) is 4.79 Å². The molecule has 19 heavy (non-hydrogen) atoms. The Hall–Kier alpha value is -1.89. The summed E-state index contributed by atoms with van der Waals surface area (Å²) in [5, 5.41) is 6.25. The van der Waals surface area contributed by atoms with E-state index in [9.17, 15) is 4.79 Å². The van der Waals surface area contributed by atoms with E-state index in [4.69, 9.17) is 9.26 Å². The Labute approximate surface area is 118 Å². The van der Waals surface area contributed by atoms with Crippen LogP contribution in [0.1, 0.15) is 22.1 Å². The van der Waals surface area contributed by atoms with Crippen LogP contribution >= 0.6 is 15.9 Å². The van der Waals surface area contributed by atoms with Crippen molar-refractivity contribution in [3.8, 4) is 5.75 Å². The first-order valence-electron chi connectivity index (χ1n) is 5.50. The van der Waals surface area contributed by atoms with Gasteiger partial charge in [0.25, 0.3) is 11.7 Å². The van der Waals surface area contributed by atoms with Crippen molar-refractivity contribution >= 4 is 21.8 Å². The molecule has 0 aliphatic rings. The molecule has 0 atom stereocenters. The van der Waals surface area contributed by atoms with Crippen molar-refractivity contribution in [2.45, 2.75) is 13.5 Å². The Kier molecular flexibility index (Phi) is 4.16. The molecule has 2 rings (SSSR count). The minimum Gasteiger partial charge on any atom is -0.497 e. The lowest BCUT2D eigenvalue weighted by molar-refractivity contribution is 0.0937. The van der Waals surface area contributed by atoms with E-state index in [1.165, 1.54) is 0 Å². The van der Waals surface area contributed by atoms with E-state index < -0.39 is 0 Å². The molecule has 0 aliphatic heterocycles. The van der Waals surface area contributed by atoms with Crippen molar-refractivity contribution in [3.05, 3.63) is 40.0 Å². The number of halogens is 1. The molecule has 0 fully saturated rings. The molecule has 0 spiro atoms. The van der Waals surface area contributed by atoms with Gasteiger partial charge in [-0.2, -0.15) is 4.98 Å². The summed E-state index contributed by atoms with van der Waals surface area (Å²) in [7, 11) is 1.59. The van der Waals surface area contributed by atoms with Gasteiger partial charge < -0.3 is 14.6 Å². The van der Waals surface area contributed by atoms with Gasteiger partial charge in [0.15, 0.2) is 0 Å².